The van der Waals surface area contributed by atoms with E-state index in [1.807, 2.05) is 38.1 Å². The van der Waals surface area contributed by atoms with Crippen LogP contribution in [0.15, 0.2) is 24.3 Å². The van der Waals surface area contributed by atoms with Gasteiger partial charge in [-0.2, -0.15) is 0 Å². The molecular weight excluding hydrogens is 440 g/mol. The van der Waals surface area contributed by atoms with Gasteiger partial charge >= 0.3 is 12.0 Å². The fourth-order valence-electron chi connectivity index (χ4n) is 5.11. The number of amides is 4. The number of hydrogen-bond donors (Lipinski definition) is 4. The van der Waals surface area contributed by atoms with E-state index in [2.05, 4.69) is 10.3 Å². The van der Waals surface area contributed by atoms with Gasteiger partial charge in [0.05, 0.1) is 11.8 Å². The van der Waals surface area contributed by atoms with Gasteiger partial charge in [0.25, 0.3) is 5.91 Å². The van der Waals surface area contributed by atoms with E-state index < -0.39 is 47.5 Å². The number of carbonyl (C=O) groups excluding carboxylic acids is 3. The first-order valence-corrected chi connectivity index (χ1v) is 11.4. The van der Waals surface area contributed by atoms with E-state index in [0.29, 0.717) is 18.7 Å². The lowest BCUT2D eigenvalue weighted by molar-refractivity contribution is -0.146. The van der Waals surface area contributed by atoms with Crippen LogP contribution in [0.25, 0.3) is 10.9 Å². The van der Waals surface area contributed by atoms with E-state index in [4.69, 9.17) is 0 Å². The third-order valence-electron chi connectivity index (χ3n) is 6.85. The number of aliphatic hydroxyl groups excluding tert-OH is 1. The van der Waals surface area contributed by atoms with Gasteiger partial charge in [0.15, 0.2) is 11.6 Å². The zero-order valence-corrected chi connectivity index (χ0v) is 19.7. The predicted octanol–water partition coefficient (Wildman–Crippen LogP) is 1.57. The minimum absolute atomic E-state index is 0.0692. The molecule has 1 aromatic carbocycles. The van der Waals surface area contributed by atoms with Crippen LogP contribution in [0.5, 0.6) is 0 Å². The topological polar surface area (TPSA) is 143 Å². The normalized spacial score (nSPS) is 22.5. The number of carbonyl (C=O) groups is 4. The van der Waals surface area contributed by atoms with Crippen molar-refractivity contribution in [1.82, 2.24) is 20.1 Å². The molecule has 4 amide bonds. The monoisotopic (exact) mass is 470 g/mol. The maximum absolute atomic E-state index is 13.9. The molecule has 34 heavy (non-hydrogen) atoms. The Kier molecular flexibility index (Phi) is 5.89. The van der Waals surface area contributed by atoms with E-state index >= 15 is 0 Å². The molecule has 10 nitrogen and oxygen atoms in total. The van der Waals surface area contributed by atoms with Crippen LogP contribution in [0.4, 0.5) is 4.79 Å². The van der Waals surface area contributed by atoms with Gasteiger partial charge in [-0.1, -0.05) is 32.0 Å². The molecule has 0 radical (unpaired) electrons. The van der Waals surface area contributed by atoms with Crippen LogP contribution in [0.1, 0.15) is 45.4 Å². The number of urea groups is 1. The van der Waals surface area contributed by atoms with Crippen molar-refractivity contribution in [3.63, 3.8) is 0 Å². The van der Waals surface area contributed by atoms with Crippen LogP contribution in [0.3, 0.4) is 0 Å². The molecule has 0 aliphatic carbocycles. The summed E-state index contributed by atoms with van der Waals surface area (Å²) < 4.78 is 0. The number of nitrogens with zero attached hydrogens (tertiary/aromatic N) is 2. The lowest BCUT2D eigenvalue weighted by Crippen LogP contribution is -2.56. The Hall–Kier alpha value is -3.40. The molecular formula is C24H30N4O6. The quantitative estimate of drug-likeness (QED) is 0.453. The minimum atomic E-state index is -1.56. The Morgan fingerprint density at radius 1 is 1.21 bits per heavy atom. The zero-order chi connectivity index (χ0) is 24.9. The Labute approximate surface area is 196 Å². The number of imide groups is 1. The summed E-state index contributed by atoms with van der Waals surface area (Å²) in [7, 11) is 0. The second-order valence-corrected chi connectivity index (χ2v) is 9.67. The largest absolute Gasteiger partial charge is 0.480 e. The molecule has 1 saturated heterocycles. The summed E-state index contributed by atoms with van der Waals surface area (Å²) in [5.74, 6) is -2.79. The highest BCUT2D eigenvalue weighted by molar-refractivity contribution is 6.11. The molecule has 182 valence electrons. The number of rotatable bonds is 7. The maximum atomic E-state index is 13.9. The molecule has 0 spiro atoms. The summed E-state index contributed by atoms with van der Waals surface area (Å²) in [4.78, 5) is 57.9. The fourth-order valence-corrected chi connectivity index (χ4v) is 5.11. The molecule has 2 aromatic rings. The number of fused-ring (bicyclic) bond motifs is 5. The van der Waals surface area contributed by atoms with Gasteiger partial charge in [-0.15, -0.1) is 0 Å². The van der Waals surface area contributed by atoms with Gasteiger partial charge in [-0.05, 0) is 44.2 Å². The number of para-hydroxylation sites is 1. The van der Waals surface area contributed by atoms with Crippen molar-refractivity contribution in [2.75, 3.05) is 6.54 Å². The number of H-pyrrole nitrogens is 1. The molecule has 0 saturated carbocycles. The summed E-state index contributed by atoms with van der Waals surface area (Å²) in [6.07, 6.45) is -0.644. The molecule has 2 aliphatic heterocycles. The first kappa shape index (κ1) is 23.7. The van der Waals surface area contributed by atoms with Crippen molar-refractivity contribution in [2.24, 2.45) is 5.92 Å². The smallest absolute Gasteiger partial charge is 0.328 e. The molecule has 10 heteroatoms. The first-order chi connectivity index (χ1) is 16.0. The Morgan fingerprint density at radius 2 is 1.88 bits per heavy atom. The van der Waals surface area contributed by atoms with Crippen molar-refractivity contribution in [3.05, 3.63) is 35.5 Å². The van der Waals surface area contributed by atoms with Gasteiger partial charge in [-0.3, -0.25) is 9.59 Å². The minimum Gasteiger partial charge on any atom is -0.480 e. The summed E-state index contributed by atoms with van der Waals surface area (Å²) in [5.41, 5.74) is 1.17. The molecule has 4 rings (SSSR count). The highest BCUT2D eigenvalue weighted by atomic mass is 16.4. The van der Waals surface area contributed by atoms with Crippen LogP contribution in [0, 0.1) is 5.92 Å². The van der Waals surface area contributed by atoms with Crippen molar-refractivity contribution >= 4 is 34.7 Å². The van der Waals surface area contributed by atoms with E-state index in [-0.39, 0.29) is 12.3 Å². The van der Waals surface area contributed by atoms with Crippen LogP contribution in [-0.2, 0) is 26.3 Å². The van der Waals surface area contributed by atoms with Crippen molar-refractivity contribution in [2.45, 2.75) is 64.3 Å². The lowest BCUT2D eigenvalue weighted by Gasteiger charge is -2.36. The highest BCUT2D eigenvalue weighted by Gasteiger charge is 2.60. The molecule has 2 aliphatic rings. The van der Waals surface area contributed by atoms with Crippen molar-refractivity contribution < 1.29 is 29.4 Å². The van der Waals surface area contributed by atoms with Crippen molar-refractivity contribution in [1.29, 1.82) is 0 Å². The fraction of sp³-hybridized carbons (Fsp3) is 0.500. The Balaban J connectivity index is 1.74. The standard InChI is InChI=1S/C24H30N4O6/c1-12(2)11-17(20(30)26-18(13(3)29)21(31)32)28-22(33)24(4)19-15(9-10-27(24)23(28)34)14-7-5-6-8-16(14)25-19/h5-8,12-13,17-18,25,29H,9-11H2,1-4H3,(H,26,30)(H,31,32)/t13-,17-,18-,24-/m0/s1. The van der Waals surface area contributed by atoms with Gasteiger partial charge in [0.1, 0.15) is 6.04 Å². The lowest BCUT2D eigenvalue weighted by atomic mass is 9.86. The number of aliphatic carboxylic acids is 1. The number of hydrogen-bond acceptors (Lipinski definition) is 5. The highest BCUT2D eigenvalue weighted by Crippen LogP contribution is 2.44. The Bertz CT molecular complexity index is 1170. The molecule has 4 atom stereocenters. The average molecular weight is 471 g/mol. The number of carboxylic acids is 1. The van der Waals surface area contributed by atoms with E-state index in [9.17, 15) is 29.4 Å². The molecule has 0 bridgehead atoms. The van der Waals surface area contributed by atoms with Gasteiger partial charge in [0, 0.05) is 17.4 Å². The number of aromatic nitrogens is 1. The van der Waals surface area contributed by atoms with Gasteiger partial charge in [-0.25, -0.2) is 14.5 Å². The van der Waals surface area contributed by atoms with E-state index in [0.717, 1.165) is 21.4 Å². The number of benzene rings is 1. The molecule has 3 heterocycles. The molecule has 4 N–H and O–H groups in total. The molecule has 1 fully saturated rings. The number of aliphatic hydroxyl groups is 1. The summed E-state index contributed by atoms with van der Waals surface area (Å²) in [6.45, 7) is 6.94. The molecule has 0 unspecified atom stereocenters. The zero-order valence-electron chi connectivity index (χ0n) is 19.7. The SMILES string of the molecule is CC(C)C[C@@H](C(=O)N[C@H](C(=O)O)[C@H](C)O)N1C(=O)N2CCc3c([nH]c4ccccc34)[C@@]2(C)C1=O. The second-order valence-electron chi connectivity index (χ2n) is 9.67. The van der Waals surface area contributed by atoms with Gasteiger partial charge in [0.2, 0.25) is 5.91 Å². The third kappa shape index (κ3) is 3.53. The number of nitrogens with one attached hydrogen (secondary N) is 2. The van der Waals surface area contributed by atoms with Crippen LogP contribution in [0.2, 0.25) is 0 Å². The summed E-state index contributed by atoms with van der Waals surface area (Å²) >= 11 is 0. The maximum Gasteiger partial charge on any atom is 0.328 e. The van der Waals surface area contributed by atoms with Crippen LogP contribution in [-0.4, -0.2) is 73.5 Å². The van der Waals surface area contributed by atoms with E-state index in [1.54, 1.807) is 6.92 Å². The Morgan fingerprint density at radius 3 is 2.50 bits per heavy atom. The van der Waals surface area contributed by atoms with Crippen LogP contribution < -0.4 is 5.32 Å². The second kappa shape index (κ2) is 8.43. The molecule has 1 aromatic heterocycles. The average Bonchev–Trinajstić information content (AvgIpc) is 3.24. The summed E-state index contributed by atoms with van der Waals surface area (Å²) in [6, 6.07) is 4.34. The third-order valence-corrected chi connectivity index (χ3v) is 6.85. The van der Waals surface area contributed by atoms with Gasteiger partial charge < -0.3 is 25.4 Å². The van der Waals surface area contributed by atoms with Crippen molar-refractivity contribution in [3.8, 4) is 0 Å². The van der Waals surface area contributed by atoms with Crippen LogP contribution >= 0.6 is 0 Å². The first-order valence-electron chi connectivity index (χ1n) is 11.4. The van der Waals surface area contributed by atoms with E-state index in [1.165, 1.54) is 11.8 Å². The predicted molar refractivity (Wildman–Crippen MR) is 123 cm³/mol. The number of aromatic amines is 1. The summed E-state index contributed by atoms with van der Waals surface area (Å²) in [5, 5.41) is 22.5. The number of carboxylic acid groups (broad SMARTS) is 1.